The molecular weight excluding hydrogens is 176 g/mol. The number of ether oxygens (including phenoxy) is 1. The Bertz CT molecular complexity index is 189. The van der Waals surface area contributed by atoms with Crippen molar-refractivity contribution in [1.82, 2.24) is 0 Å². The lowest BCUT2D eigenvalue weighted by Crippen LogP contribution is -2.28. The van der Waals surface area contributed by atoms with Crippen LogP contribution in [0.1, 0.15) is 26.7 Å². The molecule has 0 amide bonds. The summed E-state index contributed by atoms with van der Waals surface area (Å²) in [6, 6.07) is 0. The fourth-order valence-electron chi connectivity index (χ4n) is 0.609. The van der Waals surface area contributed by atoms with Crippen LogP contribution in [0.2, 0.25) is 0 Å². The van der Waals surface area contributed by atoms with Crippen molar-refractivity contribution in [1.29, 1.82) is 0 Å². The highest BCUT2D eigenvalue weighted by Gasteiger charge is 2.21. The maximum atomic E-state index is 10.9. The molecule has 0 aliphatic heterocycles. The van der Waals surface area contributed by atoms with Crippen LogP contribution in [0.25, 0.3) is 0 Å². The van der Waals surface area contributed by atoms with Gasteiger partial charge in [0.05, 0.1) is 12.5 Å². The van der Waals surface area contributed by atoms with Gasteiger partial charge in [-0.25, -0.2) is 4.79 Å². The van der Waals surface area contributed by atoms with Gasteiger partial charge in [0.15, 0.2) is 6.10 Å². The lowest BCUT2D eigenvalue weighted by molar-refractivity contribution is -0.162. The number of carbonyl (C=O) groups excluding carboxylic acids is 1. The molecule has 0 aliphatic rings. The number of aliphatic carboxylic acids is 1. The lowest BCUT2D eigenvalue weighted by Gasteiger charge is -2.13. The van der Waals surface area contributed by atoms with E-state index >= 15 is 0 Å². The zero-order valence-corrected chi connectivity index (χ0v) is 7.69. The van der Waals surface area contributed by atoms with Gasteiger partial charge in [-0.15, -0.1) is 0 Å². The summed E-state index contributed by atoms with van der Waals surface area (Å²) in [7, 11) is 0. The number of carboxylic acid groups (broad SMARTS) is 1. The van der Waals surface area contributed by atoms with E-state index in [0.717, 1.165) is 0 Å². The molecule has 0 saturated carbocycles. The number of carbonyl (C=O) groups is 2. The van der Waals surface area contributed by atoms with E-state index in [1.165, 1.54) is 0 Å². The Morgan fingerprint density at radius 1 is 1.46 bits per heavy atom. The Hall–Kier alpha value is -1.10. The summed E-state index contributed by atoms with van der Waals surface area (Å²) in [6.45, 7) is 3.49. The van der Waals surface area contributed by atoms with E-state index in [-0.39, 0.29) is 6.10 Å². The molecule has 2 atom stereocenters. The predicted octanol–water partition coefficient (Wildman–Crippen LogP) is 0.164. The van der Waals surface area contributed by atoms with Gasteiger partial charge in [-0.1, -0.05) is 6.92 Å². The third-order valence-electron chi connectivity index (χ3n) is 1.53. The monoisotopic (exact) mass is 190 g/mol. The first-order valence-corrected chi connectivity index (χ1v) is 4.07. The maximum Gasteiger partial charge on any atom is 0.335 e. The number of aliphatic hydroxyl groups excluding tert-OH is 1. The summed E-state index contributed by atoms with van der Waals surface area (Å²) in [5, 5.41) is 17.2. The third-order valence-corrected chi connectivity index (χ3v) is 1.53. The molecule has 0 radical (unpaired) electrons. The molecule has 76 valence electrons. The van der Waals surface area contributed by atoms with E-state index in [9.17, 15) is 9.59 Å². The lowest BCUT2D eigenvalue weighted by atomic mass is 10.2. The average molecular weight is 190 g/mol. The van der Waals surface area contributed by atoms with Crippen molar-refractivity contribution < 1.29 is 24.5 Å². The van der Waals surface area contributed by atoms with Crippen LogP contribution in [0, 0.1) is 0 Å². The largest absolute Gasteiger partial charge is 0.481 e. The molecule has 0 aliphatic carbocycles. The van der Waals surface area contributed by atoms with Gasteiger partial charge in [0.1, 0.15) is 0 Å². The molecule has 0 spiro atoms. The first-order valence-electron chi connectivity index (χ1n) is 4.07. The third kappa shape index (κ3) is 5.19. The van der Waals surface area contributed by atoms with Crippen molar-refractivity contribution in [3.05, 3.63) is 0 Å². The van der Waals surface area contributed by atoms with Gasteiger partial charge in [-0.3, -0.25) is 4.79 Å². The minimum Gasteiger partial charge on any atom is -0.481 e. The number of hydrogen-bond donors (Lipinski definition) is 2. The Morgan fingerprint density at radius 3 is 2.38 bits per heavy atom. The number of hydrogen-bond acceptors (Lipinski definition) is 4. The zero-order valence-electron chi connectivity index (χ0n) is 7.69. The van der Waals surface area contributed by atoms with E-state index in [4.69, 9.17) is 14.9 Å². The Labute approximate surface area is 76.3 Å². The van der Waals surface area contributed by atoms with Crippen LogP contribution in [0.3, 0.4) is 0 Å². The highest BCUT2D eigenvalue weighted by Crippen LogP contribution is 2.01. The second-order valence-electron chi connectivity index (χ2n) is 2.77. The summed E-state index contributed by atoms with van der Waals surface area (Å²) >= 11 is 0. The van der Waals surface area contributed by atoms with Crippen LogP contribution in [0.15, 0.2) is 0 Å². The fraction of sp³-hybridized carbons (Fsp3) is 0.750. The van der Waals surface area contributed by atoms with Crippen LogP contribution in [0.5, 0.6) is 0 Å². The first kappa shape index (κ1) is 11.9. The van der Waals surface area contributed by atoms with Crippen molar-refractivity contribution >= 4 is 11.9 Å². The summed E-state index contributed by atoms with van der Waals surface area (Å²) < 4.78 is 4.71. The molecule has 2 N–H and O–H groups in total. The maximum absolute atomic E-state index is 10.9. The summed E-state index contributed by atoms with van der Waals surface area (Å²) in [4.78, 5) is 21.0. The van der Waals surface area contributed by atoms with E-state index < -0.39 is 24.5 Å². The van der Waals surface area contributed by atoms with Gasteiger partial charge in [0.25, 0.3) is 0 Å². The highest BCUT2D eigenvalue weighted by atomic mass is 16.6. The molecule has 0 saturated heterocycles. The van der Waals surface area contributed by atoms with Crippen molar-refractivity contribution in [2.45, 2.75) is 38.9 Å². The van der Waals surface area contributed by atoms with Gasteiger partial charge in [-0.05, 0) is 13.3 Å². The van der Waals surface area contributed by atoms with Crippen molar-refractivity contribution in [2.24, 2.45) is 0 Å². The molecular formula is C8H14O5. The number of esters is 1. The molecule has 0 unspecified atom stereocenters. The van der Waals surface area contributed by atoms with Crippen LogP contribution < -0.4 is 0 Å². The topological polar surface area (TPSA) is 83.8 Å². The van der Waals surface area contributed by atoms with Gasteiger partial charge in [-0.2, -0.15) is 0 Å². The number of rotatable bonds is 5. The van der Waals surface area contributed by atoms with E-state index in [2.05, 4.69) is 0 Å². The molecule has 13 heavy (non-hydrogen) atoms. The van der Waals surface area contributed by atoms with Crippen LogP contribution in [-0.2, 0) is 14.3 Å². The minimum atomic E-state index is -1.56. The predicted molar refractivity (Wildman–Crippen MR) is 44.1 cm³/mol. The van der Waals surface area contributed by atoms with Crippen molar-refractivity contribution in [3.63, 3.8) is 0 Å². The SMILES string of the molecule is CC[C@@H](C)OC(=O)[C@@H](O)CC(=O)O. The van der Waals surface area contributed by atoms with Crippen LogP contribution >= 0.6 is 0 Å². The average Bonchev–Trinajstić information content (AvgIpc) is 2.02. The van der Waals surface area contributed by atoms with Gasteiger partial charge >= 0.3 is 11.9 Å². The Kier molecular flexibility index (Phi) is 5.06. The fourth-order valence-corrected chi connectivity index (χ4v) is 0.609. The molecule has 0 heterocycles. The minimum absolute atomic E-state index is 0.295. The van der Waals surface area contributed by atoms with Crippen LogP contribution in [-0.4, -0.2) is 34.4 Å². The quantitative estimate of drug-likeness (QED) is 0.603. The second kappa shape index (κ2) is 5.53. The van der Waals surface area contributed by atoms with Crippen LogP contribution in [0.4, 0.5) is 0 Å². The van der Waals surface area contributed by atoms with E-state index in [0.29, 0.717) is 6.42 Å². The molecule has 5 nitrogen and oxygen atoms in total. The summed E-state index contributed by atoms with van der Waals surface area (Å²) in [5.41, 5.74) is 0. The Morgan fingerprint density at radius 2 is 2.00 bits per heavy atom. The molecule has 5 heteroatoms. The van der Waals surface area contributed by atoms with Crippen molar-refractivity contribution in [3.8, 4) is 0 Å². The molecule has 0 bridgehead atoms. The van der Waals surface area contributed by atoms with Gasteiger partial charge in [0.2, 0.25) is 0 Å². The highest BCUT2D eigenvalue weighted by molar-refractivity contribution is 5.80. The summed E-state index contributed by atoms with van der Waals surface area (Å²) in [5.74, 6) is -2.11. The van der Waals surface area contributed by atoms with E-state index in [1.807, 2.05) is 6.92 Å². The summed E-state index contributed by atoms with van der Waals surface area (Å²) in [6.07, 6.45) is -1.84. The van der Waals surface area contributed by atoms with E-state index in [1.54, 1.807) is 6.92 Å². The first-order chi connectivity index (χ1) is 5.97. The smallest absolute Gasteiger partial charge is 0.335 e. The molecule has 0 aromatic carbocycles. The van der Waals surface area contributed by atoms with Gasteiger partial charge < -0.3 is 14.9 Å². The number of carboxylic acids is 1. The van der Waals surface area contributed by atoms with Gasteiger partial charge in [0, 0.05) is 0 Å². The molecule has 0 aromatic heterocycles. The molecule has 0 rings (SSSR count). The molecule has 0 aromatic rings. The Balaban J connectivity index is 3.89. The number of aliphatic hydroxyl groups is 1. The standard InChI is InChI=1S/C8H14O5/c1-3-5(2)13-8(12)6(9)4-7(10)11/h5-6,9H,3-4H2,1-2H3,(H,10,11)/t5-,6+/m1/s1. The molecule has 0 fully saturated rings. The second-order valence-corrected chi connectivity index (χ2v) is 2.77. The van der Waals surface area contributed by atoms with Crippen molar-refractivity contribution in [2.75, 3.05) is 0 Å². The zero-order chi connectivity index (χ0) is 10.4. The normalized spacial score (nSPS) is 14.7.